The van der Waals surface area contributed by atoms with E-state index in [-0.39, 0.29) is 0 Å². The lowest BCUT2D eigenvalue weighted by Crippen LogP contribution is -2.14. The third-order valence-electron chi connectivity index (χ3n) is 1.75. The Balaban J connectivity index is 1.90. The van der Waals surface area contributed by atoms with E-state index in [4.69, 9.17) is 0 Å². The van der Waals surface area contributed by atoms with E-state index in [1.807, 2.05) is 11.6 Å². The Labute approximate surface area is 91.9 Å². The Bertz CT molecular complexity index is 201. The Morgan fingerprint density at radius 1 is 1.38 bits per heavy atom. The fourth-order valence-corrected chi connectivity index (χ4v) is 2.04. The maximum absolute atomic E-state index is 4.20. The van der Waals surface area contributed by atoms with Crippen LogP contribution in [0.3, 0.4) is 0 Å². The molecule has 1 rings (SSSR count). The van der Waals surface area contributed by atoms with Gasteiger partial charge < -0.3 is 5.32 Å². The van der Waals surface area contributed by atoms with Gasteiger partial charge in [0.15, 0.2) is 0 Å². The van der Waals surface area contributed by atoms with Gasteiger partial charge in [0.05, 0.1) is 0 Å². The number of hydrogen-bond acceptors (Lipinski definition) is 3. The number of thiazole rings is 1. The standard InChI is InChI=1S/C9H15BrN2S/c10-4-2-1-3-5-11-8-9-12-6-7-13-9/h6-7,11H,1-5,8H2. The summed E-state index contributed by atoms with van der Waals surface area (Å²) in [4.78, 5) is 4.20. The molecule has 0 unspecified atom stereocenters. The summed E-state index contributed by atoms with van der Waals surface area (Å²) in [5.41, 5.74) is 0. The minimum absolute atomic E-state index is 0.923. The number of hydrogen-bond donors (Lipinski definition) is 1. The van der Waals surface area contributed by atoms with Crippen molar-refractivity contribution in [1.29, 1.82) is 0 Å². The molecule has 0 aliphatic carbocycles. The van der Waals surface area contributed by atoms with Crippen LogP contribution in [0.25, 0.3) is 0 Å². The summed E-state index contributed by atoms with van der Waals surface area (Å²) in [6.45, 7) is 2.03. The van der Waals surface area contributed by atoms with Crippen molar-refractivity contribution in [2.75, 3.05) is 11.9 Å². The van der Waals surface area contributed by atoms with E-state index in [1.165, 1.54) is 24.3 Å². The summed E-state index contributed by atoms with van der Waals surface area (Å²) in [7, 11) is 0. The highest BCUT2D eigenvalue weighted by molar-refractivity contribution is 9.09. The molecule has 0 fully saturated rings. The van der Waals surface area contributed by atoms with Crippen molar-refractivity contribution in [3.8, 4) is 0 Å². The Morgan fingerprint density at radius 3 is 3.00 bits per heavy atom. The van der Waals surface area contributed by atoms with E-state index in [9.17, 15) is 0 Å². The first-order chi connectivity index (χ1) is 6.43. The average Bonchev–Trinajstić information content (AvgIpc) is 2.63. The van der Waals surface area contributed by atoms with Crippen molar-refractivity contribution in [3.63, 3.8) is 0 Å². The van der Waals surface area contributed by atoms with Gasteiger partial charge in [0.2, 0.25) is 0 Å². The molecule has 4 heteroatoms. The first kappa shape index (κ1) is 11.1. The van der Waals surface area contributed by atoms with E-state index in [2.05, 4.69) is 26.2 Å². The molecule has 1 heterocycles. The Morgan fingerprint density at radius 2 is 2.31 bits per heavy atom. The molecular formula is C9H15BrN2S. The second-order valence-corrected chi connectivity index (χ2v) is 4.62. The van der Waals surface area contributed by atoms with Crippen LogP contribution in [0.1, 0.15) is 24.3 Å². The minimum Gasteiger partial charge on any atom is -0.310 e. The van der Waals surface area contributed by atoms with Crippen molar-refractivity contribution in [1.82, 2.24) is 10.3 Å². The largest absolute Gasteiger partial charge is 0.310 e. The van der Waals surface area contributed by atoms with Crippen molar-refractivity contribution in [2.45, 2.75) is 25.8 Å². The Hall–Kier alpha value is 0.0700. The van der Waals surface area contributed by atoms with Gasteiger partial charge in [-0.2, -0.15) is 0 Å². The van der Waals surface area contributed by atoms with Crippen LogP contribution in [0.15, 0.2) is 11.6 Å². The molecule has 1 aromatic rings. The SMILES string of the molecule is BrCCCCCNCc1nccs1. The molecule has 0 spiro atoms. The van der Waals surface area contributed by atoms with Crippen LogP contribution in [-0.4, -0.2) is 16.9 Å². The van der Waals surface area contributed by atoms with Crippen molar-refractivity contribution < 1.29 is 0 Å². The molecule has 0 bridgehead atoms. The van der Waals surface area contributed by atoms with E-state index in [0.29, 0.717) is 0 Å². The van der Waals surface area contributed by atoms with E-state index in [1.54, 1.807) is 11.3 Å². The number of halogens is 1. The third kappa shape index (κ3) is 5.39. The third-order valence-corrected chi connectivity index (χ3v) is 3.09. The quantitative estimate of drug-likeness (QED) is 0.604. The molecule has 74 valence electrons. The van der Waals surface area contributed by atoms with Crippen molar-refractivity contribution in [2.24, 2.45) is 0 Å². The zero-order valence-corrected chi connectivity index (χ0v) is 10.0. The van der Waals surface area contributed by atoms with E-state index >= 15 is 0 Å². The second-order valence-electron chi connectivity index (χ2n) is 2.85. The van der Waals surface area contributed by atoms with E-state index < -0.39 is 0 Å². The minimum atomic E-state index is 0.923. The van der Waals surface area contributed by atoms with Gasteiger partial charge in [0, 0.05) is 23.5 Å². The van der Waals surface area contributed by atoms with Crippen molar-refractivity contribution in [3.05, 3.63) is 16.6 Å². The fourth-order valence-electron chi connectivity index (χ4n) is 1.06. The number of aromatic nitrogens is 1. The number of nitrogens with zero attached hydrogens (tertiary/aromatic N) is 1. The second kappa shape index (κ2) is 7.47. The van der Waals surface area contributed by atoms with Crippen LogP contribution in [-0.2, 0) is 6.54 Å². The first-order valence-electron chi connectivity index (χ1n) is 4.58. The monoisotopic (exact) mass is 262 g/mol. The van der Waals surface area contributed by atoms with Gasteiger partial charge in [0.25, 0.3) is 0 Å². The smallest absolute Gasteiger partial charge is 0.106 e. The molecule has 2 nitrogen and oxygen atoms in total. The molecule has 0 atom stereocenters. The highest BCUT2D eigenvalue weighted by atomic mass is 79.9. The molecule has 0 amide bonds. The van der Waals surface area contributed by atoms with Gasteiger partial charge in [-0.1, -0.05) is 22.4 Å². The summed E-state index contributed by atoms with van der Waals surface area (Å²) >= 11 is 5.13. The Kier molecular flexibility index (Phi) is 6.41. The molecule has 0 aromatic carbocycles. The number of rotatable bonds is 7. The predicted octanol–water partition coefficient (Wildman–Crippen LogP) is 2.80. The van der Waals surface area contributed by atoms with Gasteiger partial charge in [-0.05, 0) is 19.4 Å². The van der Waals surface area contributed by atoms with Crippen molar-refractivity contribution >= 4 is 27.3 Å². The average molecular weight is 263 g/mol. The number of unbranched alkanes of at least 4 members (excludes halogenated alkanes) is 2. The lowest BCUT2D eigenvalue weighted by molar-refractivity contribution is 0.618. The number of alkyl halides is 1. The zero-order chi connectivity index (χ0) is 9.36. The summed E-state index contributed by atoms with van der Waals surface area (Å²) in [6, 6.07) is 0. The molecule has 1 aromatic heterocycles. The van der Waals surface area contributed by atoms with Crippen LogP contribution in [0, 0.1) is 0 Å². The van der Waals surface area contributed by atoms with Gasteiger partial charge >= 0.3 is 0 Å². The van der Waals surface area contributed by atoms with E-state index in [0.717, 1.165) is 18.4 Å². The number of nitrogens with one attached hydrogen (secondary N) is 1. The maximum atomic E-state index is 4.20. The molecule has 0 radical (unpaired) electrons. The first-order valence-corrected chi connectivity index (χ1v) is 6.58. The van der Waals surface area contributed by atoms with Crippen LogP contribution in [0.2, 0.25) is 0 Å². The van der Waals surface area contributed by atoms with Gasteiger partial charge in [-0.15, -0.1) is 11.3 Å². The predicted molar refractivity (Wildman–Crippen MR) is 61.5 cm³/mol. The molecule has 0 saturated heterocycles. The summed E-state index contributed by atoms with van der Waals surface area (Å²) < 4.78 is 0. The molecule has 0 aliphatic rings. The molecule has 1 N–H and O–H groups in total. The molecule has 0 aliphatic heterocycles. The maximum Gasteiger partial charge on any atom is 0.106 e. The highest BCUT2D eigenvalue weighted by Gasteiger charge is 1.93. The lowest BCUT2D eigenvalue weighted by atomic mass is 10.2. The van der Waals surface area contributed by atoms with Crippen LogP contribution in [0.4, 0.5) is 0 Å². The van der Waals surface area contributed by atoms with Crippen LogP contribution >= 0.6 is 27.3 Å². The van der Waals surface area contributed by atoms with Crippen LogP contribution in [0.5, 0.6) is 0 Å². The lowest BCUT2D eigenvalue weighted by Gasteiger charge is -2.00. The molecule has 13 heavy (non-hydrogen) atoms. The normalized spacial score (nSPS) is 10.5. The van der Waals surface area contributed by atoms with Gasteiger partial charge in [0.1, 0.15) is 5.01 Å². The molecular weight excluding hydrogens is 248 g/mol. The zero-order valence-electron chi connectivity index (χ0n) is 7.63. The van der Waals surface area contributed by atoms with Gasteiger partial charge in [-0.3, -0.25) is 0 Å². The summed E-state index contributed by atoms with van der Waals surface area (Å²) in [6.07, 6.45) is 5.69. The summed E-state index contributed by atoms with van der Waals surface area (Å²) in [5.74, 6) is 0. The van der Waals surface area contributed by atoms with Crippen LogP contribution < -0.4 is 5.32 Å². The molecule has 0 saturated carbocycles. The highest BCUT2D eigenvalue weighted by Crippen LogP contribution is 2.03. The van der Waals surface area contributed by atoms with Gasteiger partial charge in [-0.25, -0.2) is 4.98 Å². The fraction of sp³-hybridized carbons (Fsp3) is 0.667. The summed E-state index contributed by atoms with van der Waals surface area (Å²) in [5, 5.41) is 7.70. The topological polar surface area (TPSA) is 24.9 Å².